The molecule has 5 heteroatoms. The van der Waals surface area contributed by atoms with Crippen molar-refractivity contribution in [3.8, 4) is 0 Å². The lowest BCUT2D eigenvalue weighted by atomic mass is 10.2. The molecule has 20 heavy (non-hydrogen) atoms. The maximum Gasteiger partial charge on any atom is 0.224 e. The number of hydrogen-bond donors (Lipinski definition) is 0. The van der Waals surface area contributed by atoms with Gasteiger partial charge < -0.3 is 9.32 Å². The van der Waals surface area contributed by atoms with Crippen LogP contribution in [0.2, 0.25) is 5.28 Å². The maximum absolute atomic E-state index is 6.01. The molecule has 0 aliphatic heterocycles. The topological polar surface area (TPSA) is 42.2 Å². The SMILES string of the molecule is Cc1occc1CN(C)c1nc(Cl)nc2ccccc12. The Morgan fingerprint density at radius 1 is 1.20 bits per heavy atom. The number of hydrogen-bond acceptors (Lipinski definition) is 4. The number of nitrogens with zero attached hydrogens (tertiary/aromatic N) is 3. The van der Waals surface area contributed by atoms with Crippen molar-refractivity contribution in [3.05, 3.63) is 53.2 Å². The maximum atomic E-state index is 6.01. The van der Waals surface area contributed by atoms with E-state index in [-0.39, 0.29) is 5.28 Å². The van der Waals surface area contributed by atoms with E-state index in [0.29, 0.717) is 6.54 Å². The quantitative estimate of drug-likeness (QED) is 0.687. The van der Waals surface area contributed by atoms with Gasteiger partial charge in [0.15, 0.2) is 0 Å². The van der Waals surface area contributed by atoms with Crippen LogP contribution in [-0.2, 0) is 6.54 Å². The summed E-state index contributed by atoms with van der Waals surface area (Å²) >= 11 is 6.01. The normalized spacial score (nSPS) is 10.9. The fraction of sp³-hybridized carbons (Fsp3) is 0.200. The molecule has 0 spiro atoms. The number of para-hydroxylation sites is 1. The van der Waals surface area contributed by atoms with Crippen LogP contribution in [0.15, 0.2) is 41.0 Å². The zero-order valence-corrected chi connectivity index (χ0v) is 12.1. The van der Waals surface area contributed by atoms with Crippen molar-refractivity contribution in [2.24, 2.45) is 0 Å². The molecule has 4 nitrogen and oxygen atoms in total. The van der Waals surface area contributed by atoms with E-state index < -0.39 is 0 Å². The summed E-state index contributed by atoms with van der Waals surface area (Å²) in [5, 5.41) is 1.25. The number of benzene rings is 1. The number of halogens is 1. The Balaban J connectivity index is 2.03. The van der Waals surface area contributed by atoms with Crippen molar-refractivity contribution >= 4 is 28.3 Å². The van der Waals surface area contributed by atoms with Gasteiger partial charge >= 0.3 is 0 Å². The van der Waals surface area contributed by atoms with Gasteiger partial charge in [0.05, 0.1) is 11.8 Å². The van der Waals surface area contributed by atoms with Gasteiger partial charge in [0.25, 0.3) is 0 Å². The molecular formula is C15H14ClN3O. The highest BCUT2D eigenvalue weighted by Crippen LogP contribution is 2.26. The predicted molar refractivity (Wildman–Crippen MR) is 80.1 cm³/mol. The summed E-state index contributed by atoms with van der Waals surface area (Å²) in [6.07, 6.45) is 1.70. The smallest absolute Gasteiger partial charge is 0.224 e. The minimum atomic E-state index is 0.259. The number of aryl methyl sites for hydroxylation is 1. The summed E-state index contributed by atoms with van der Waals surface area (Å²) in [7, 11) is 1.98. The zero-order chi connectivity index (χ0) is 14.1. The summed E-state index contributed by atoms with van der Waals surface area (Å²) in [4.78, 5) is 10.7. The summed E-state index contributed by atoms with van der Waals surface area (Å²) in [5.74, 6) is 1.74. The second-order valence-electron chi connectivity index (χ2n) is 4.69. The molecule has 2 heterocycles. The van der Waals surface area contributed by atoms with E-state index in [9.17, 15) is 0 Å². The van der Waals surface area contributed by atoms with Crippen LogP contribution in [0.1, 0.15) is 11.3 Å². The van der Waals surface area contributed by atoms with E-state index in [0.717, 1.165) is 28.0 Å². The second-order valence-corrected chi connectivity index (χ2v) is 5.03. The monoisotopic (exact) mass is 287 g/mol. The van der Waals surface area contributed by atoms with Crippen LogP contribution in [0, 0.1) is 6.92 Å². The second kappa shape index (κ2) is 5.13. The van der Waals surface area contributed by atoms with E-state index in [4.69, 9.17) is 16.0 Å². The highest BCUT2D eigenvalue weighted by molar-refractivity contribution is 6.28. The predicted octanol–water partition coefficient (Wildman–Crippen LogP) is 3.82. The Bertz CT molecular complexity index is 754. The molecule has 0 aliphatic rings. The number of aromatic nitrogens is 2. The third kappa shape index (κ3) is 2.34. The first-order valence-electron chi connectivity index (χ1n) is 6.31. The molecule has 0 unspecified atom stereocenters. The first-order chi connectivity index (χ1) is 9.65. The number of rotatable bonds is 3. The third-order valence-corrected chi connectivity index (χ3v) is 3.46. The first kappa shape index (κ1) is 12.9. The van der Waals surface area contributed by atoms with Gasteiger partial charge in [0.1, 0.15) is 11.6 Å². The highest BCUT2D eigenvalue weighted by Gasteiger charge is 2.12. The van der Waals surface area contributed by atoms with Gasteiger partial charge in [-0.25, -0.2) is 4.98 Å². The van der Waals surface area contributed by atoms with E-state index in [1.807, 2.05) is 49.2 Å². The molecule has 102 valence electrons. The number of furan rings is 1. The molecule has 0 saturated carbocycles. The minimum absolute atomic E-state index is 0.259. The van der Waals surface area contributed by atoms with Gasteiger partial charge in [-0.2, -0.15) is 4.98 Å². The van der Waals surface area contributed by atoms with Crippen LogP contribution in [0.25, 0.3) is 10.9 Å². The molecule has 1 aromatic carbocycles. The molecule has 0 saturated heterocycles. The van der Waals surface area contributed by atoms with Crippen LogP contribution >= 0.6 is 11.6 Å². The van der Waals surface area contributed by atoms with Crippen molar-refractivity contribution in [2.75, 3.05) is 11.9 Å². The van der Waals surface area contributed by atoms with E-state index in [2.05, 4.69) is 9.97 Å². The molecule has 3 rings (SSSR count). The molecule has 3 aromatic rings. The van der Waals surface area contributed by atoms with Crippen molar-refractivity contribution in [1.82, 2.24) is 9.97 Å². The molecule has 0 aliphatic carbocycles. The summed E-state index contributed by atoms with van der Waals surface area (Å²) in [6, 6.07) is 9.82. The molecule has 2 aromatic heterocycles. The lowest BCUT2D eigenvalue weighted by Gasteiger charge is -2.19. The summed E-state index contributed by atoms with van der Waals surface area (Å²) in [6.45, 7) is 2.66. The molecule has 0 amide bonds. The first-order valence-corrected chi connectivity index (χ1v) is 6.69. The van der Waals surface area contributed by atoms with Gasteiger partial charge in [-0.15, -0.1) is 0 Å². The van der Waals surface area contributed by atoms with Crippen LogP contribution in [-0.4, -0.2) is 17.0 Å². The summed E-state index contributed by atoms with van der Waals surface area (Å²) < 4.78 is 5.33. The van der Waals surface area contributed by atoms with Crippen LogP contribution in [0.4, 0.5) is 5.82 Å². The van der Waals surface area contributed by atoms with Gasteiger partial charge in [0.2, 0.25) is 5.28 Å². The fourth-order valence-corrected chi connectivity index (χ4v) is 2.40. The largest absolute Gasteiger partial charge is 0.469 e. The lowest BCUT2D eigenvalue weighted by Crippen LogP contribution is -2.18. The Morgan fingerprint density at radius 3 is 2.75 bits per heavy atom. The van der Waals surface area contributed by atoms with Crippen LogP contribution in [0.3, 0.4) is 0 Å². The van der Waals surface area contributed by atoms with Crippen molar-refractivity contribution in [1.29, 1.82) is 0 Å². The number of anilines is 1. The minimum Gasteiger partial charge on any atom is -0.469 e. The molecule has 0 atom stereocenters. The molecule has 0 radical (unpaired) electrons. The zero-order valence-electron chi connectivity index (χ0n) is 11.3. The average molecular weight is 288 g/mol. The van der Waals surface area contributed by atoms with Gasteiger partial charge in [-0.3, -0.25) is 0 Å². The average Bonchev–Trinajstić information content (AvgIpc) is 2.83. The fourth-order valence-electron chi connectivity index (χ4n) is 2.23. The van der Waals surface area contributed by atoms with Crippen LogP contribution in [0.5, 0.6) is 0 Å². The Labute approximate surface area is 122 Å². The molecular weight excluding hydrogens is 274 g/mol. The number of fused-ring (bicyclic) bond motifs is 1. The molecule has 0 fully saturated rings. The lowest BCUT2D eigenvalue weighted by molar-refractivity contribution is 0.529. The van der Waals surface area contributed by atoms with Gasteiger partial charge in [0, 0.05) is 24.5 Å². The van der Waals surface area contributed by atoms with Gasteiger partial charge in [-0.1, -0.05) is 12.1 Å². The Hall–Kier alpha value is -2.07. The van der Waals surface area contributed by atoms with E-state index >= 15 is 0 Å². The third-order valence-electron chi connectivity index (χ3n) is 3.29. The van der Waals surface area contributed by atoms with E-state index in [1.165, 1.54) is 0 Å². The van der Waals surface area contributed by atoms with Crippen LogP contribution < -0.4 is 4.90 Å². The summed E-state index contributed by atoms with van der Waals surface area (Å²) in [5.41, 5.74) is 1.98. The van der Waals surface area contributed by atoms with Crippen molar-refractivity contribution in [2.45, 2.75) is 13.5 Å². The molecule has 0 bridgehead atoms. The Kier molecular flexibility index (Phi) is 3.32. The van der Waals surface area contributed by atoms with Crippen molar-refractivity contribution in [3.63, 3.8) is 0 Å². The Morgan fingerprint density at radius 2 is 2.00 bits per heavy atom. The molecule has 0 N–H and O–H groups in total. The van der Waals surface area contributed by atoms with Gasteiger partial charge in [-0.05, 0) is 36.7 Å². The van der Waals surface area contributed by atoms with E-state index in [1.54, 1.807) is 6.26 Å². The standard InChI is InChI=1S/C15H14ClN3O/c1-10-11(7-8-20-10)9-19(2)14-12-5-3-4-6-13(12)17-15(16)18-14/h3-8H,9H2,1-2H3. The van der Waals surface area contributed by atoms with Crippen molar-refractivity contribution < 1.29 is 4.42 Å². The highest BCUT2D eigenvalue weighted by atomic mass is 35.5.